The number of ether oxygens (including phenoxy) is 1. The van der Waals surface area contributed by atoms with E-state index in [1.165, 1.54) is 7.11 Å². The molecular formula is C10H11BrO4S. The van der Waals surface area contributed by atoms with Crippen molar-refractivity contribution in [1.82, 2.24) is 0 Å². The van der Waals surface area contributed by atoms with Crippen LogP contribution in [-0.4, -0.2) is 21.8 Å². The number of hydrogen-bond donors (Lipinski definition) is 1. The van der Waals surface area contributed by atoms with E-state index in [4.69, 9.17) is 4.55 Å². The van der Waals surface area contributed by atoms with Gasteiger partial charge in [-0.15, -0.1) is 0 Å². The molecule has 0 fully saturated rings. The van der Waals surface area contributed by atoms with Gasteiger partial charge in [-0.05, 0) is 30.2 Å². The van der Waals surface area contributed by atoms with Crippen LogP contribution < -0.4 is 0 Å². The summed E-state index contributed by atoms with van der Waals surface area (Å²) in [5, 5.41) is 0. The van der Waals surface area contributed by atoms with Crippen molar-refractivity contribution in [1.29, 1.82) is 0 Å². The van der Waals surface area contributed by atoms with Gasteiger partial charge in [0.25, 0.3) is 0 Å². The van der Waals surface area contributed by atoms with Crippen LogP contribution in [0.4, 0.5) is 0 Å². The number of halogens is 1. The minimum Gasteiger partial charge on any atom is -0.465 e. The monoisotopic (exact) mass is 306 g/mol. The van der Waals surface area contributed by atoms with Gasteiger partial charge in [0, 0.05) is 4.47 Å². The normalized spacial score (nSPS) is 12.2. The molecule has 1 rings (SSSR count). The van der Waals surface area contributed by atoms with E-state index >= 15 is 0 Å². The third kappa shape index (κ3) is 3.13. The fourth-order valence-electron chi connectivity index (χ4n) is 1.29. The molecule has 88 valence electrons. The topological polar surface area (TPSA) is 63.6 Å². The molecule has 0 aliphatic carbocycles. The zero-order valence-corrected chi connectivity index (χ0v) is 11.2. The second-order valence-electron chi connectivity index (χ2n) is 3.22. The van der Waals surface area contributed by atoms with E-state index in [-0.39, 0.29) is 5.75 Å². The van der Waals surface area contributed by atoms with Gasteiger partial charge in [-0.1, -0.05) is 15.9 Å². The van der Waals surface area contributed by atoms with Gasteiger partial charge in [0.2, 0.25) is 0 Å². The maximum absolute atomic E-state index is 11.4. The van der Waals surface area contributed by atoms with Gasteiger partial charge in [0.05, 0.1) is 18.4 Å². The molecule has 0 spiro atoms. The molecule has 6 heteroatoms. The Hall–Kier alpha value is -0.720. The molecular weight excluding hydrogens is 296 g/mol. The van der Waals surface area contributed by atoms with Crippen molar-refractivity contribution in [2.45, 2.75) is 12.7 Å². The second kappa shape index (κ2) is 5.56. The SMILES string of the molecule is COC(=O)c1cc(CS(=O)O)c(Br)cc1C. The largest absolute Gasteiger partial charge is 0.465 e. The first-order valence-corrected chi connectivity index (χ1v) is 6.47. The maximum Gasteiger partial charge on any atom is 0.338 e. The average molecular weight is 307 g/mol. The highest BCUT2D eigenvalue weighted by atomic mass is 79.9. The molecule has 0 amide bonds. The molecule has 0 bridgehead atoms. The zero-order chi connectivity index (χ0) is 12.3. The van der Waals surface area contributed by atoms with Gasteiger partial charge >= 0.3 is 5.97 Å². The van der Waals surface area contributed by atoms with Crippen molar-refractivity contribution in [2.75, 3.05) is 7.11 Å². The Morgan fingerprint density at radius 2 is 2.19 bits per heavy atom. The third-order valence-electron chi connectivity index (χ3n) is 2.08. The van der Waals surface area contributed by atoms with Crippen LogP contribution in [-0.2, 0) is 21.6 Å². The number of carbonyl (C=O) groups excluding carboxylic acids is 1. The highest BCUT2D eigenvalue weighted by molar-refractivity contribution is 9.10. The van der Waals surface area contributed by atoms with E-state index in [0.29, 0.717) is 15.6 Å². The molecule has 0 aliphatic heterocycles. The molecule has 1 atom stereocenters. The first-order valence-electron chi connectivity index (χ1n) is 4.40. The summed E-state index contributed by atoms with van der Waals surface area (Å²) >= 11 is 1.34. The summed E-state index contributed by atoms with van der Waals surface area (Å²) in [6, 6.07) is 3.30. The summed E-state index contributed by atoms with van der Waals surface area (Å²) in [7, 11) is 1.30. The van der Waals surface area contributed by atoms with Gasteiger partial charge in [0.1, 0.15) is 0 Å². The van der Waals surface area contributed by atoms with E-state index in [1.807, 2.05) is 0 Å². The van der Waals surface area contributed by atoms with Crippen LogP contribution in [0.25, 0.3) is 0 Å². The lowest BCUT2D eigenvalue weighted by Crippen LogP contribution is -2.06. The summed E-state index contributed by atoms with van der Waals surface area (Å²) < 4.78 is 24.9. The van der Waals surface area contributed by atoms with Crippen LogP contribution in [0.15, 0.2) is 16.6 Å². The smallest absolute Gasteiger partial charge is 0.338 e. The fraction of sp³-hybridized carbons (Fsp3) is 0.300. The van der Waals surface area contributed by atoms with Crippen LogP contribution in [0.2, 0.25) is 0 Å². The maximum atomic E-state index is 11.4. The molecule has 16 heavy (non-hydrogen) atoms. The Labute approximate surface area is 104 Å². The lowest BCUT2D eigenvalue weighted by atomic mass is 10.1. The van der Waals surface area contributed by atoms with Crippen molar-refractivity contribution in [3.05, 3.63) is 33.3 Å². The minimum absolute atomic E-state index is 0.0230. The summed E-state index contributed by atoms with van der Waals surface area (Å²) in [6.45, 7) is 1.77. The first-order chi connectivity index (χ1) is 7.45. The fourth-order valence-corrected chi connectivity index (χ4v) is 2.58. The summed E-state index contributed by atoms with van der Waals surface area (Å²) in [5.74, 6) is -0.472. The lowest BCUT2D eigenvalue weighted by molar-refractivity contribution is 0.0599. The predicted molar refractivity (Wildman–Crippen MR) is 64.7 cm³/mol. The quantitative estimate of drug-likeness (QED) is 0.687. The molecule has 0 aromatic heterocycles. The Balaban J connectivity index is 3.21. The minimum atomic E-state index is -1.94. The number of methoxy groups -OCH3 is 1. The third-order valence-corrected chi connectivity index (χ3v) is 3.37. The molecule has 0 aliphatic rings. The highest BCUT2D eigenvalue weighted by Gasteiger charge is 2.13. The van der Waals surface area contributed by atoms with Crippen molar-refractivity contribution < 1.29 is 18.3 Å². The molecule has 1 N–H and O–H groups in total. The molecule has 0 saturated heterocycles. The first kappa shape index (κ1) is 13.3. The number of esters is 1. The molecule has 0 radical (unpaired) electrons. The molecule has 4 nitrogen and oxygen atoms in total. The van der Waals surface area contributed by atoms with Crippen LogP contribution in [0.3, 0.4) is 0 Å². The Morgan fingerprint density at radius 3 is 2.69 bits per heavy atom. The highest BCUT2D eigenvalue weighted by Crippen LogP contribution is 2.23. The van der Waals surface area contributed by atoms with Crippen LogP contribution in [0.1, 0.15) is 21.5 Å². The van der Waals surface area contributed by atoms with Gasteiger partial charge in [-0.25, -0.2) is 9.00 Å². The Bertz CT molecular complexity index is 445. The summed E-state index contributed by atoms with van der Waals surface area (Å²) in [5.41, 5.74) is 1.77. The van der Waals surface area contributed by atoms with E-state index in [2.05, 4.69) is 20.7 Å². The van der Waals surface area contributed by atoms with Crippen molar-refractivity contribution in [2.24, 2.45) is 0 Å². The van der Waals surface area contributed by atoms with E-state index in [9.17, 15) is 9.00 Å². The molecule has 1 aromatic carbocycles. The van der Waals surface area contributed by atoms with Gasteiger partial charge in [0.15, 0.2) is 11.1 Å². The molecule has 0 saturated carbocycles. The lowest BCUT2D eigenvalue weighted by Gasteiger charge is -2.08. The molecule has 1 aromatic rings. The second-order valence-corrected chi connectivity index (χ2v) is 5.00. The van der Waals surface area contributed by atoms with E-state index in [1.54, 1.807) is 19.1 Å². The summed E-state index contributed by atoms with van der Waals surface area (Å²) in [6.07, 6.45) is 0. The molecule has 1 unspecified atom stereocenters. The van der Waals surface area contributed by atoms with Crippen molar-refractivity contribution in [3.8, 4) is 0 Å². The van der Waals surface area contributed by atoms with Crippen molar-refractivity contribution >= 4 is 33.0 Å². The molecule has 0 heterocycles. The zero-order valence-electron chi connectivity index (χ0n) is 8.82. The van der Waals surface area contributed by atoms with Crippen LogP contribution in [0, 0.1) is 6.92 Å². The predicted octanol–water partition coefficient (Wildman–Crippen LogP) is 2.27. The Kier molecular flexibility index (Phi) is 4.64. The standard InChI is InChI=1S/C10H11BrO4S/c1-6-3-9(11)7(5-16(13)14)4-8(6)10(12)15-2/h3-4H,5H2,1-2H3,(H,13,14). The Morgan fingerprint density at radius 1 is 1.56 bits per heavy atom. The average Bonchev–Trinajstić information content (AvgIpc) is 2.20. The number of rotatable bonds is 3. The van der Waals surface area contributed by atoms with Crippen LogP contribution in [0.5, 0.6) is 0 Å². The summed E-state index contributed by atoms with van der Waals surface area (Å²) in [4.78, 5) is 11.4. The van der Waals surface area contributed by atoms with E-state index in [0.717, 1.165) is 5.56 Å². The van der Waals surface area contributed by atoms with Crippen LogP contribution >= 0.6 is 15.9 Å². The number of hydrogen-bond acceptors (Lipinski definition) is 3. The van der Waals surface area contributed by atoms with Gasteiger partial charge in [-0.2, -0.15) is 0 Å². The van der Waals surface area contributed by atoms with Gasteiger partial charge in [-0.3, -0.25) is 0 Å². The number of benzene rings is 1. The van der Waals surface area contributed by atoms with Crippen molar-refractivity contribution in [3.63, 3.8) is 0 Å². The number of aryl methyl sites for hydroxylation is 1. The van der Waals surface area contributed by atoms with E-state index < -0.39 is 17.0 Å². The number of carbonyl (C=O) groups is 1. The van der Waals surface area contributed by atoms with Gasteiger partial charge < -0.3 is 9.29 Å².